The van der Waals surface area contributed by atoms with Crippen molar-refractivity contribution < 1.29 is 9.90 Å². The molecule has 0 bridgehead atoms. The minimum absolute atomic E-state index is 0.229. The fourth-order valence-corrected chi connectivity index (χ4v) is 2.92. The molecule has 0 radical (unpaired) electrons. The predicted octanol–water partition coefficient (Wildman–Crippen LogP) is 3.45. The lowest BCUT2D eigenvalue weighted by atomic mass is 9.82. The molecule has 2 heterocycles. The Bertz CT molecular complexity index is 486. The third-order valence-electron chi connectivity index (χ3n) is 4.31. The Hall–Kier alpha value is -1.29. The van der Waals surface area contributed by atoms with Crippen molar-refractivity contribution in [3.05, 3.63) is 22.8 Å². The Kier molecular flexibility index (Phi) is 3.99. The number of hydrogen-bond donors (Lipinski definition) is 1. The monoisotopic (exact) mass is 282 g/mol. The van der Waals surface area contributed by atoms with Gasteiger partial charge in [-0.1, -0.05) is 25.4 Å². The molecule has 4 nitrogen and oxygen atoms in total. The van der Waals surface area contributed by atoms with Gasteiger partial charge >= 0.3 is 5.97 Å². The third-order valence-corrected chi connectivity index (χ3v) is 4.52. The Morgan fingerprint density at radius 3 is 2.68 bits per heavy atom. The van der Waals surface area contributed by atoms with Crippen LogP contribution >= 0.6 is 11.6 Å². The first-order chi connectivity index (χ1) is 9.01. The highest BCUT2D eigenvalue weighted by Gasteiger charge is 2.36. The number of pyridine rings is 1. The predicted molar refractivity (Wildman–Crippen MR) is 76.1 cm³/mol. The van der Waals surface area contributed by atoms with E-state index in [0.717, 1.165) is 32.4 Å². The van der Waals surface area contributed by atoms with E-state index in [9.17, 15) is 9.90 Å². The normalized spacial score (nSPS) is 17.7. The van der Waals surface area contributed by atoms with Crippen molar-refractivity contribution in [2.24, 2.45) is 5.41 Å². The van der Waals surface area contributed by atoms with E-state index in [1.54, 1.807) is 0 Å². The summed E-state index contributed by atoms with van der Waals surface area (Å²) in [6.07, 6.45) is 3.28. The van der Waals surface area contributed by atoms with Crippen molar-refractivity contribution in [1.82, 2.24) is 4.98 Å². The summed E-state index contributed by atoms with van der Waals surface area (Å²) >= 11 is 5.91. The van der Waals surface area contributed by atoms with Gasteiger partial charge < -0.3 is 10.0 Å². The molecule has 1 aliphatic rings. The van der Waals surface area contributed by atoms with E-state index in [0.29, 0.717) is 11.0 Å². The van der Waals surface area contributed by atoms with E-state index in [1.165, 1.54) is 12.1 Å². The number of hydrogen-bond acceptors (Lipinski definition) is 3. The van der Waals surface area contributed by atoms with E-state index < -0.39 is 5.97 Å². The molecule has 0 aromatic carbocycles. The molecule has 0 atom stereocenters. The van der Waals surface area contributed by atoms with Gasteiger partial charge in [-0.25, -0.2) is 9.78 Å². The number of nitrogens with zero attached hydrogens (tertiary/aromatic N) is 2. The largest absolute Gasteiger partial charge is 0.478 e. The van der Waals surface area contributed by atoms with Crippen LogP contribution in [0, 0.1) is 5.41 Å². The SMILES string of the molecule is CCC1(CC)CCN(c2nc(Cl)ccc2C(=O)O)C1. The highest BCUT2D eigenvalue weighted by Crippen LogP contribution is 2.39. The zero-order chi connectivity index (χ0) is 14.0. The number of anilines is 1. The molecular formula is C14H19ClN2O2. The molecule has 1 aromatic rings. The summed E-state index contributed by atoms with van der Waals surface area (Å²) in [6, 6.07) is 3.06. The zero-order valence-electron chi connectivity index (χ0n) is 11.3. The van der Waals surface area contributed by atoms with Gasteiger partial charge in [0.1, 0.15) is 16.5 Å². The van der Waals surface area contributed by atoms with Crippen molar-refractivity contribution in [2.45, 2.75) is 33.1 Å². The number of rotatable bonds is 4. The highest BCUT2D eigenvalue weighted by atomic mass is 35.5. The standard InChI is InChI=1S/C14H19ClN2O2/c1-3-14(4-2)7-8-17(9-14)12-10(13(18)19)5-6-11(15)16-12/h5-6H,3-4,7-9H2,1-2H3,(H,18,19). The number of aromatic nitrogens is 1. The fourth-order valence-electron chi connectivity index (χ4n) is 2.78. The van der Waals surface area contributed by atoms with Gasteiger partial charge in [0.15, 0.2) is 0 Å². The summed E-state index contributed by atoms with van der Waals surface area (Å²) in [5, 5.41) is 9.59. The summed E-state index contributed by atoms with van der Waals surface area (Å²) in [5.74, 6) is -0.451. The average Bonchev–Trinajstić information content (AvgIpc) is 2.83. The molecule has 0 unspecified atom stereocenters. The van der Waals surface area contributed by atoms with Crippen molar-refractivity contribution in [3.8, 4) is 0 Å². The second kappa shape index (κ2) is 5.37. The minimum atomic E-state index is -0.954. The van der Waals surface area contributed by atoms with E-state index in [2.05, 4.69) is 23.7 Å². The first-order valence-corrected chi connectivity index (χ1v) is 7.04. The van der Waals surface area contributed by atoms with Crippen LogP contribution in [0.4, 0.5) is 5.82 Å². The maximum Gasteiger partial charge on any atom is 0.339 e. The molecule has 104 valence electrons. The summed E-state index contributed by atoms with van der Waals surface area (Å²) in [5.41, 5.74) is 0.507. The van der Waals surface area contributed by atoms with E-state index in [-0.39, 0.29) is 11.0 Å². The van der Waals surface area contributed by atoms with Crippen LogP contribution in [0.25, 0.3) is 0 Å². The second-order valence-electron chi connectivity index (χ2n) is 5.19. The van der Waals surface area contributed by atoms with Crippen LogP contribution in [0.1, 0.15) is 43.5 Å². The van der Waals surface area contributed by atoms with Crippen molar-refractivity contribution >= 4 is 23.4 Å². The maximum atomic E-state index is 11.3. The van der Waals surface area contributed by atoms with Crippen LogP contribution in [0.15, 0.2) is 12.1 Å². The first-order valence-electron chi connectivity index (χ1n) is 6.66. The van der Waals surface area contributed by atoms with Gasteiger partial charge in [0.25, 0.3) is 0 Å². The van der Waals surface area contributed by atoms with Gasteiger partial charge in [-0.2, -0.15) is 0 Å². The molecule has 0 saturated carbocycles. The molecule has 2 rings (SSSR count). The van der Waals surface area contributed by atoms with Crippen molar-refractivity contribution in [2.75, 3.05) is 18.0 Å². The van der Waals surface area contributed by atoms with Crippen molar-refractivity contribution in [3.63, 3.8) is 0 Å². The van der Waals surface area contributed by atoms with Crippen LogP contribution in [-0.4, -0.2) is 29.1 Å². The van der Waals surface area contributed by atoms with Gasteiger partial charge in [0, 0.05) is 13.1 Å². The highest BCUT2D eigenvalue weighted by molar-refractivity contribution is 6.29. The Balaban J connectivity index is 2.33. The molecule has 19 heavy (non-hydrogen) atoms. The van der Waals surface area contributed by atoms with Crippen LogP contribution in [0.5, 0.6) is 0 Å². The van der Waals surface area contributed by atoms with E-state index in [4.69, 9.17) is 11.6 Å². The van der Waals surface area contributed by atoms with Gasteiger partial charge in [-0.05, 0) is 36.8 Å². The lowest BCUT2D eigenvalue weighted by Crippen LogP contribution is -2.28. The Labute approximate surface area is 118 Å². The number of carboxylic acids is 1. The fraction of sp³-hybridized carbons (Fsp3) is 0.571. The first kappa shape index (κ1) is 14.1. The second-order valence-corrected chi connectivity index (χ2v) is 5.58. The number of carbonyl (C=O) groups is 1. The maximum absolute atomic E-state index is 11.3. The summed E-state index contributed by atoms with van der Waals surface area (Å²) < 4.78 is 0. The Morgan fingerprint density at radius 2 is 2.16 bits per heavy atom. The molecule has 0 spiro atoms. The van der Waals surface area contributed by atoms with Crippen molar-refractivity contribution in [1.29, 1.82) is 0 Å². The van der Waals surface area contributed by atoms with Crippen LogP contribution in [-0.2, 0) is 0 Å². The molecule has 0 aliphatic carbocycles. The third kappa shape index (κ3) is 2.68. The number of carboxylic acid groups (broad SMARTS) is 1. The molecule has 1 aliphatic heterocycles. The van der Waals surface area contributed by atoms with Crippen LogP contribution in [0.2, 0.25) is 5.15 Å². The zero-order valence-corrected chi connectivity index (χ0v) is 12.1. The lowest BCUT2D eigenvalue weighted by Gasteiger charge is -2.27. The number of halogens is 1. The van der Waals surface area contributed by atoms with E-state index in [1.807, 2.05) is 0 Å². The topological polar surface area (TPSA) is 53.4 Å². The van der Waals surface area contributed by atoms with Crippen LogP contribution < -0.4 is 4.90 Å². The summed E-state index contributed by atoms with van der Waals surface area (Å²) in [7, 11) is 0. The smallest absolute Gasteiger partial charge is 0.339 e. The summed E-state index contributed by atoms with van der Waals surface area (Å²) in [6.45, 7) is 6.08. The summed E-state index contributed by atoms with van der Waals surface area (Å²) in [4.78, 5) is 17.6. The average molecular weight is 283 g/mol. The van der Waals surface area contributed by atoms with Gasteiger partial charge in [-0.3, -0.25) is 0 Å². The molecule has 0 amide bonds. The minimum Gasteiger partial charge on any atom is -0.478 e. The van der Waals surface area contributed by atoms with Gasteiger partial charge in [-0.15, -0.1) is 0 Å². The lowest BCUT2D eigenvalue weighted by molar-refractivity contribution is 0.0697. The molecule has 1 saturated heterocycles. The Morgan fingerprint density at radius 1 is 1.47 bits per heavy atom. The molecule has 1 aromatic heterocycles. The molecule has 1 N–H and O–H groups in total. The van der Waals surface area contributed by atoms with Gasteiger partial charge in [0.05, 0.1) is 0 Å². The van der Waals surface area contributed by atoms with E-state index >= 15 is 0 Å². The molecular weight excluding hydrogens is 264 g/mol. The molecule has 1 fully saturated rings. The van der Waals surface area contributed by atoms with Gasteiger partial charge in [0.2, 0.25) is 0 Å². The number of aromatic carboxylic acids is 1. The van der Waals surface area contributed by atoms with Crippen LogP contribution in [0.3, 0.4) is 0 Å². The quantitative estimate of drug-likeness (QED) is 0.860. The molecule has 5 heteroatoms.